The number of thiazole rings is 1. The molecule has 3 heterocycles. The van der Waals surface area contributed by atoms with E-state index in [0.29, 0.717) is 5.92 Å². The van der Waals surface area contributed by atoms with Gasteiger partial charge in [0, 0.05) is 23.5 Å². The van der Waals surface area contributed by atoms with Crippen LogP contribution in [-0.2, 0) is 7.05 Å². The molecule has 0 aromatic carbocycles. The molecule has 0 fully saturated rings. The minimum Gasteiger partial charge on any atom is -0.342 e. The summed E-state index contributed by atoms with van der Waals surface area (Å²) < 4.78 is 1.86. The average Bonchev–Trinajstić information content (AvgIpc) is 3.15. The van der Waals surface area contributed by atoms with Gasteiger partial charge in [0.2, 0.25) is 0 Å². The molecular formula is C16H20N4OS2. The van der Waals surface area contributed by atoms with Crippen LogP contribution in [0.3, 0.4) is 0 Å². The Morgan fingerprint density at radius 2 is 2.04 bits per heavy atom. The molecule has 0 saturated carbocycles. The Morgan fingerprint density at radius 3 is 2.65 bits per heavy atom. The number of nitrogens with zero attached hydrogens (tertiary/aromatic N) is 3. The number of carbonyl (C=O) groups excluding carboxylic acids is 1. The lowest BCUT2D eigenvalue weighted by molar-refractivity contribution is 0.0944. The summed E-state index contributed by atoms with van der Waals surface area (Å²) in [5, 5.41) is 9.59. The second-order valence-electron chi connectivity index (χ2n) is 6.00. The molecule has 5 nitrogen and oxygen atoms in total. The van der Waals surface area contributed by atoms with Crippen LogP contribution >= 0.6 is 22.7 Å². The first-order chi connectivity index (χ1) is 10.9. The minimum atomic E-state index is -0.0888. The van der Waals surface area contributed by atoms with Crippen LogP contribution in [0.1, 0.15) is 58.0 Å². The summed E-state index contributed by atoms with van der Waals surface area (Å²) in [5.41, 5.74) is 1.04. The van der Waals surface area contributed by atoms with Crippen LogP contribution in [0.4, 0.5) is 0 Å². The second-order valence-corrected chi connectivity index (χ2v) is 8.29. The van der Waals surface area contributed by atoms with Crippen molar-refractivity contribution in [3.8, 4) is 0 Å². The van der Waals surface area contributed by atoms with Crippen molar-refractivity contribution >= 4 is 38.8 Å². The van der Waals surface area contributed by atoms with Gasteiger partial charge < -0.3 is 5.32 Å². The molecule has 0 aliphatic rings. The van der Waals surface area contributed by atoms with E-state index in [9.17, 15) is 4.79 Å². The number of rotatable bonds is 4. The van der Waals surface area contributed by atoms with Crippen LogP contribution in [0.15, 0.2) is 12.3 Å². The molecule has 3 rings (SSSR count). The SMILES string of the molecule is Cc1cnc(C(C)NC(=O)c2cc3c(C(C)C)nn(C)c3s2)s1. The van der Waals surface area contributed by atoms with E-state index in [2.05, 4.69) is 29.2 Å². The summed E-state index contributed by atoms with van der Waals surface area (Å²) in [6, 6.07) is 1.87. The second kappa shape index (κ2) is 6.05. The van der Waals surface area contributed by atoms with Crippen LogP contribution in [0.2, 0.25) is 0 Å². The van der Waals surface area contributed by atoms with Gasteiger partial charge in [0.05, 0.1) is 16.6 Å². The van der Waals surface area contributed by atoms with E-state index in [1.54, 1.807) is 11.3 Å². The summed E-state index contributed by atoms with van der Waals surface area (Å²) in [7, 11) is 1.92. The number of nitrogens with one attached hydrogen (secondary N) is 1. The normalized spacial score (nSPS) is 13.0. The summed E-state index contributed by atoms with van der Waals surface area (Å²) in [6.07, 6.45) is 1.84. The Bertz CT molecular complexity index is 859. The first-order valence-corrected chi connectivity index (χ1v) is 9.19. The van der Waals surface area contributed by atoms with Gasteiger partial charge in [-0.1, -0.05) is 13.8 Å². The fourth-order valence-corrected chi connectivity index (χ4v) is 4.27. The van der Waals surface area contributed by atoms with E-state index < -0.39 is 0 Å². The van der Waals surface area contributed by atoms with Gasteiger partial charge in [-0.25, -0.2) is 4.98 Å². The highest BCUT2D eigenvalue weighted by atomic mass is 32.1. The molecule has 0 aliphatic heterocycles. The van der Waals surface area contributed by atoms with Crippen molar-refractivity contribution in [2.75, 3.05) is 0 Å². The maximum atomic E-state index is 12.5. The Balaban J connectivity index is 1.85. The molecule has 23 heavy (non-hydrogen) atoms. The molecule has 1 amide bonds. The van der Waals surface area contributed by atoms with E-state index in [1.165, 1.54) is 11.3 Å². The quantitative estimate of drug-likeness (QED) is 0.775. The first kappa shape index (κ1) is 16.1. The van der Waals surface area contributed by atoms with E-state index in [1.807, 2.05) is 37.8 Å². The van der Waals surface area contributed by atoms with Gasteiger partial charge in [-0.3, -0.25) is 9.48 Å². The van der Waals surface area contributed by atoms with Crippen molar-refractivity contribution in [1.82, 2.24) is 20.1 Å². The van der Waals surface area contributed by atoms with Crippen molar-refractivity contribution in [2.45, 2.75) is 39.7 Å². The number of fused-ring (bicyclic) bond motifs is 1. The fraction of sp³-hybridized carbons (Fsp3) is 0.438. The molecule has 1 unspecified atom stereocenters. The van der Waals surface area contributed by atoms with Gasteiger partial charge in [0.25, 0.3) is 5.91 Å². The largest absolute Gasteiger partial charge is 0.342 e. The van der Waals surface area contributed by atoms with Gasteiger partial charge in [0.15, 0.2) is 0 Å². The van der Waals surface area contributed by atoms with Crippen LogP contribution in [0, 0.1) is 6.92 Å². The number of thiophene rings is 1. The van der Waals surface area contributed by atoms with Crippen molar-refractivity contribution in [1.29, 1.82) is 0 Å². The monoisotopic (exact) mass is 348 g/mol. The number of amides is 1. The topological polar surface area (TPSA) is 59.8 Å². The number of carbonyl (C=O) groups is 1. The lowest BCUT2D eigenvalue weighted by atomic mass is 10.1. The number of hydrogen-bond donors (Lipinski definition) is 1. The Kier molecular flexibility index (Phi) is 4.25. The van der Waals surface area contributed by atoms with E-state index in [4.69, 9.17) is 0 Å². The molecule has 1 atom stereocenters. The standard InChI is InChI=1S/C16H20N4OS2/c1-8(2)13-11-6-12(23-16(11)20(5)19-13)14(21)18-10(4)15-17-7-9(3)22-15/h6-8,10H,1-5H3,(H,18,21). The van der Waals surface area contributed by atoms with Crippen molar-refractivity contribution in [2.24, 2.45) is 7.05 Å². The minimum absolute atomic E-state index is 0.0544. The summed E-state index contributed by atoms with van der Waals surface area (Å²) >= 11 is 3.10. The van der Waals surface area contributed by atoms with E-state index in [-0.39, 0.29) is 11.9 Å². The molecule has 122 valence electrons. The highest BCUT2D eigenvalue weighted by molar-refractivity contribution is 7.20. The van der Waals surface area contributed by atoms with Crippen LogP contribution in [0.25, 0.3) is 10.2 Å². The van der Waals surface area contributed by atoms with E-state index in [0.717, 1.165) is 30.7 Å². The third-order valence-corrected chi connectivity index (χ3v) is 5.96. The van der Waals surface area contributed by atoms with Gasteiger partial charge in [-0.05, 0) is 25.8 Å². The number of hydrogen-bond acceptors (Lipinski definition) is 5. The third-order valence-electron chi connectivity index (χ3n) is 3.67. The summed E-state index contributed by atoms with van der Waals surface area (Å²) in [6.45, 7) is 8.21. The zero-order valence-electron chi connectivity index (χ0n) is 13.9. The summed E-state index contributed by atoms with van der Waals surface area (Å²) in [5.74, 6) is 0.280. The molecule has 0 spiro atoms. The predicted molar refractivity (Wildman–Crippen MR) is 95.4 cm³/mol. The van der Waals surface area contributed by atoms with Crippen LogP contribution < -0.4 is 5.32 Å². The maximum Gasteiger partial charge on any atom is 0.262 e. The zero-order chi connectivity index (χ0) is 16.7. The molecule has 0 bridgehead atoms. The number of aromatic nitrogens is 3. The fourth-order valence-electron chi connectivity index (χ4n) is 2.51. The smallest absolute Gasteiger partial charge is 0.262 e. The Morgan fingerprint density at radius 1 is 1.30 bits per heavy atom. The molecule has 3 aromatic rings. The highest BCUT2D eigenvalue weighted by Crippen LogP contribution is 2.31. The molecule has 0 radical (unpaired) electrons. The molecule has 0 saturated heterocycles. The maximum absolute atomic E-state index is 12.5. The molecular weight excluding hydrogens is 328 g/mol. The molecule has 0 aliphatic carbocycles. The zero-order valence-corrected chi connectivity index (χ0v) is 15.5. The lowest BCUT2D eigenvalue weighted by Gasteiger charge is -2.09. The van der Waals surface area contributed by atoms with Crippen molar-refractivity contribution < 1.29 is 4.79 Å². The Labute approximate surface area is 143 Å². The first-order valence-electron chi connectivity index (χ1n) is 7.56. The molecule has 1 N–H and O–H groups in total. The summed E-state index contributed by atoms with van der Waals surface area (Å²) in [4.78, 5) is 19.8. The molecule has 3 aromatic heterocycles. The van der Waals surface area contributed by atoms with Crippen LogP contribution in [0.5, 0.6) is 0 Å². The van der Waals surface area contributed by atoms with Gasteiger partial charge in [-0.2, -0.15) is 5.10 Å². The molecule has 7 heteroatoms. The predicted octanol–water partition coefficient (Wildman–Crippen LogP) is 4.01. The van der Waals surface area contributed by atoms with Gasteiger partial charge in [0.1, 0.15) is 9.84 Å². The lowest BCUT2D eigenvalue weighted by Crippen LogP contribution is -2.25. The third kappa shape index (κ3) is 3.03. The van der Waals surface area contributed by atoms with E-state index >= 15 is 0 Å². The van der Waals surface area contributed by atoms with Crippen molar-refractivity contribution in [3.05, 3.63) is 32.7 Å². The average molecular weight is 348 g/mol. The van der Waals surface area contributed by atoms with Gasteiger partial charge >= 0.3 is 0 Å². The van der Waals surface area contributed by atoms with Crippen molar-refractivity contribution in [3.63, 3.8) is 0 Å². The number of aryl methyl sites for hydroxylation is 2. The van der Waals surface area contributed by atoms with Crippen LogP contribution in [-0.4, -0.2) is 20.7 Å². The van der Waals surface area contributed by atoms with Gasteiger partial charge in [-0.15, -0.1) is 22.7 Å². The Hall–Kier alpha value is -1.73. The highest BCUT2D eigenvalue weighted by Gasteiger charge is 2.20.